The van der Waals surface area contributed by atoms with Crippen molar-refractivity contribution in [3.63, 3.8) is 0 Å². The molecule has 114 valence electrons. The van der Waals surface area contributed by atoms with Crippen molar-refractivity contribution >= 4 is 12.0 Å². The summed E-state index contributed by atoms with van der Waals surface area (Å²) in [4.78, 5) is 29.2. The van der Waals surface area contributed by atoms with Gasteiger partial charge in [0, 0.05) is 25.5 Å². The quantitative estimate of drug-likeness (QED) is 0.890. The Kier molecular flexibility index (Phi) is 4.45. The summed E-state index contributed by atoms with van der Waals surface area (Å²) in [6, 6.07) is 2.51. The number of nitrogens with zero attached hydrogens (tertiary/aromatic N) is 2. The van der Waals surface area contributed by atoms with Crippen LogP contribution in [0.15, 0.2) is 24.5 Å². The molecule has 2 heterocycles. The molecule has 2 amide bonds. The van der Waals surface area contributed by atoms with Crippen molar-refractivity contribution in [3.05, 3.63) is 30.1 Å². The van der Waals surface area contributed by atoms with Crippen LogP contribution in [0.3, 0.4) is 0 Å². The van der Waals surface area contributed by atoms with Crippen LogP contribution in [0.2, 0.25) is 0 Å². The van der Waals surface area contributed by atoms with Gasteiger partial charge >= 0.3 is 12.0 Å². The van der Waals surface area contributed by atoms with E-state index in [1.54, 1.807) is 12.4 Å². The van der Waals surface area contributed by atoms with Crippen LogP contribution in [-0.2, 0) is 11.3 Å². The number of carboxylic acids is 1. The highest BCUT2D eigenvalue weighted by Crippen LogP contribution is 2.35. The van der Waals surface area contributed by atoms with Crippen LogP contribution in [-0.4, -0.2) is 39.6 Å². The summed E-state index contributed by atoms with van der Waals surface area (Å²) < 4.78 is 0. The molecule has 1 fully saturated rings. The molecule has 0 bridgehead atoms. The van der Waals surface area contributed by atoms with Crippen LogP contribution in [0, 0.1) is 5.41 Å². The van der Waals surface area contributed by atoms with Crippen LogP contribution >= 0.6 is 0 Å². The Labute approximate surface area is 124 Å². The fourth-order valence-electron chi connectivity index (χ4n) is 2.86. The maximum atomic E-state index is 12.3. The summed E-state index contributed by atoms with van der Waals surface area (Å²) in [5, 5.41) is 12.2. The van der Waals surface area contributed by atoms with Crippen LogP contribution in [0.1, 0.15) is 32.3 Å². The number of aromatic nitrogens is 1. The number of likely N-dealkylation sites (tertiary alicyclic amines) is 1. The first kappa shape index (κ1) is 15.3. The Morgan fingerprint density at radius 2 is 2.10 bits per heavy atom. The molecular weight excluding hydrogens is 270 g/mol. The minimum Gasteiger partial charge on any atom is -0.480 e. The van der Waals surface area contributed by atoms with Gasteiger partial charge in [0.1, 0.15) is 6.04 Å². The van der Waals surface area contributed by atoms with Crippen LogP contribution in [0.5, 0.6) is 0 Å². The van der Waals surface area contributed by atoms with E-state index in [9.17, 15) is 14.7 Å². The fourth-order valence-corrected chi connectivity index (χ4v) is 2.86. The summed E-state index contributed by atoms with van der Waals surface area (Å²) in [5.41, 5.74) is 0.513. The molecule has 2 rings (SSSR count). The molecule has 1 aromatic rings. The van der Waals surface area contributed by atoms with Gasteiger partial charge in [0.05, 0.1) is 0 Å². The molecule has 1 unspecified atom stereocenters. The second kappa shape index (κ2) is 6.11. The standard InChI is InChI=1S/C15H21N3O3/c1-15(2)6-3-9-18(12(15)13(19)20)14(21)17-10-11-4-7-16-8-5-11/h4-5,7-8,12H,3,6,9-10H2,1-2H3,(H,17,21)(H,19,20). The molecule has 21 heavy (non-hydrogen) atoms. The molecule has 6 heteroatoms. The Morgan fingerprint density at radius 1 is 1.43 bits per heavy atom. The number of amides is 2. The number of pyridine rings is 1. The number of nitrogens with one attached hydrogen (secondary N) is 1. The van der Waals surface area contributed by atoms with Gasteiger partial charge in [0.2, 0.25) is 0 Å². The van der Waals surface area contributed by atoms with Crippen LogP contribution < -0.4 is 5.32 Å². The summed E-state index contributed by atoms with van der Waals surface area (Å²) in [7, 11) is 0. The zero-order valence-electron chi connectivity index (χ0n) is 12.4. The van der Waals surface area contributed by atoms with Gasteiger partial charge in [0.25, 0.3) is 0 Å². The van der Waals surface area contributed by atoms with Crippen molar-refractivity contribution < 1.29 is 14.7 Å². The van der Waals surface area contributed by atoms with Gasteiger partial charge in [-0.05, 0) is 36.0 Å². The normalized spacial score (nSPS) is 20.9. The van der Waals surface area contributed by atoms with Crippen molar-refractivity contribution in [1.82, 2.24) is 15.2 Å². The number of hydrogen-bond acceptors (Lipinski definition) is 3. The molecule has 0 aliphatic carbocycles. The van der Waals surface area contributed by atoms with Gasteiger partial charge in [-0.1, -0.05) is 13.8 Å². The van der Waals surface area contributed by atoms with Gasteiger partial charge in [-0.3, -0.25) is 4.98 Å². The first-order valence-corrected chi connectivity index (χ1v) is 7.08. The minimum atomic E-state index is -0.946. The van der Waals surface area contributed by atoms with Gasteiger partial charge < -0.3 is 15.3 Å². The average Bonchev–Trinajstić information content (AvgIpc) is 2.44. The second-order valence-electron chi connectivity index (χ2n) is 6.04. The first-order chi connectivity index (χ1) is 9.92. The lowest BCUT2D eigenvalue weighted by atomic mass is 9.76. The third-order valence-corrected chi connectivity index (χ3v) is 3.96. The molecule has 2 N–H and O–H groups in total. The maximum Gasteiger partial charge on any atom is 0.327 e. The van der Waals surface area contributed by atoms with Crippen molar-refractivity contribution in [2.75, 3.05) is 6.54 Å². The fraction of sp³-hybridized carbons (Fsp3) is 0.533. The molecule has 1 aliphatic heterocycles. The summed E-state index contributed by atoms with van der Waals surface area (Å²) in [6.07, 6.45) is 4.94. The monoisotopic (exact) mass is 291 g/mol. The Hall–Kier alpha value is -2.11. The van der Waals surface area contributed by atoms with E-state index in [0.717, 1.165) is 18.4 Å². The lowest BCUT2D eigenvalue weighted by Crippen LogP contribution is -2.58. The highest BCUT2D eigenvalue weighted by molar-refractivity contribution is 5.83. The van der Waals surface area contributed by atoms with Crippen LogP contribution in [0.4, 0.5) is 4.79 Å². The van der Waals surface area contributed by atoms with E-state index >= 15 is 0 Å². The van der Waals surface area contributed by atoms with E-state index in [4.69, 9.17) is 0 Å². The molecule has 1 aliphatic rings. The number of aliphatic carboxylic acids is 1. The van der Waals surface area contributed by atoms with E-state index in [0.29, 0.717) is 13.1 Å². The van der Waals surface area contributed by atoms with Gasteiger partial charge in [0.15, 0.2) is 0 Å². The Morgan fingerprint density at radius 3 is 2.71 bits per heavy atom. The molecule has 1 saturated heterocycles. The van der Waals surface area contributed by atoms with Crippen LogP contribution in [0.25, 0.3) is 0 Å². The topological polar surface area (TPSA) is 82.5 Å². The highest BCUT2D eigenvalue weighted by Gasteiger charge is 2.44. The summed E-state index contributed by atoms with van der Waals surface area (Å²) >= 11 is 0. The average molecular weight is 291 g/mol. The summed E-state index contributed by atoms with van der Waals surface area (Å²) in [5.74, 6) is -0.946. The van der Waals surface area contributed by atoms with E-state index in [-0.39, 0.29) is 6.03 Å². The van der Waals surface area contributed by atoms with E-state index in [2.05, 4.69) is 10.3 Å². The molecule has 0 aromatic carbocycles. The third kappa shape index (κ3) is 3.51. The Bertz CT molecular complexity index is 516. The summed E-state index contributed by atoms with van der Waals surface area (Å²) in [6.45, 7) is 4.63. The van der Waals surface area contributed by atoms with E-state index in [1.807, 2.05) is 26.0 Å². The second-order valence-corrected chi connectivity index (χ2v) is 6.04. The van der Waals surface area contributed by atoms with Gasteiger partial charge in [-0.15, -0.1) is 0 Å². The number of rotatable bonds is 3. The molecule has 6 nitrogen and oxygen atoms in total. The lowest BCUT2D eigenvalue weighted by molar-refractivity contribution is -0.148. The zero-order chi connectivity index (χ0) is 15.5. The molecule has 1 atom stereocenters. The number of hydrogen-bond donors (Lipinski definition) is 2. The molecule has 0 saturated carbocycles. The molecule has 1 aromatic heterocycles. The maximum absolute atomic E-state index is 12.3. The molecule has 0 spiro atoms. The van der Waals surface area contributed by atoms with Gasteiger partial charge in [-0.25, -0.2) is 9.59 Å². The zero-order valence-corrected chi connectivity index (χ0v) is 12.4. The van der Waals surface area contributed by atoms with Crippen molar-refractivity contribution in [1.29, 1.82) is 0 Å². The van der Waals surface area contributed by atoms with E-state index in [1.165, 1.54) is 4.90 Å². The first-order valence-electron chi connectivity index (χ1n) is 7.08. The minimum absolute atomic E-state index is 0.327. The largest absolute Gasteiger partial charge is 0.480 e. The van der Waals surface area contributed by atoms with Crippen molar-refractivity contribution in [2.45, 2.75) is 39.3 Å². The van der Waals surface area contributed by atoms with Crippen molar-refractivity contribution in [3.8, 4) is 0 Å². The molecular formula is C15H21N3O3. The number of piperidine rings is 1. The Balaban J connectivity index is 2.04. The number of urea groups is 1. The molecule has 0 radical (unpaired) electrons. The van der Waals surface area contributed by atoms with Crippen molar-refractivity contribution in [2.24, 2.45) is 5.41 Å². The lowest BCUT2D eigenvalue weighted by Gasteiger charge is -2.43. The number of carbonyl (C=O) groups excluding carboxylic acids is 1. The number of carboxylic acid groups (broad SMARTS) is 1. The van der Waals surface area contributed by atoms with E-state index < -0.39 is 17.4 Å². The smallest absolute Gasteiger partial charge is 0.327 e. The number of carbonyl (C=O) groups is 2. The highest BCUT2D eigenvalue weighted by atomic mass is 16.4. The predicted octanol–water partition coefficient (Wildman–Crippen LogP) is 1.87. The SMILES string of the molecule is CC1(C)CCCN(C(=O)NCc2ccncc2)C1C(=O)O. The third-order valence-electron chi connectivity index (χ3n) is 3.96. The van der Waals surface area contributed by atoms with Gasteiger partial charge in [-0.2, -0.15) is 0 Å². The predicted molar refractivity (Wildman–Crippen MR) is 77.6 cm³/mol.